The van der Waals surface area contributed by atoms with Gasteiger partial charge in [0, 0.05) is 6.54 Å². The Labute approximate surface area is 117 Å². The van der Waals surface area contributed by atoms with E-state index in [0.717, 1.165) is 5.69 Å². The number of amides is 1. The van der Waals surface area contributed by atoms with Crippen LogP contribution in [0.15, 0.2) is 10.7 Å². The van der Waals surface area contributed by atoms with Gasteiger partial charge in [-0.3, -0.25) is 9.48 Å². The highest BCUT2D eigenvalue weighted by molar-refractivity contribution is 5.92. The van der Waals surface area contributed by atoms with Crippen molar-refractivity contribution in [3.8, 4) is 0 Å². The third-order valence-corrected chi connectivity index (χ3v) is 3.09. The van der Waals surface area contributed by atoms with E-state index in [0.29, 0.717) is 30.2 Å². The molecular formula is C13H19N5O2. The zero-order valence-electron chi connectivity index (χ0n) is 12.2. The molecule has 0 aliphatic carbocycles. The molecule has 1 amide bonds. The molecule has 2 rings (SSSR count). The maximum atomic E-state index is 12.2. The molecule has 2 aromatic rings. The van der Waals surface area contributed by atoms with Crippen molar-refractivity contribution in [2.45, 2.75) is 46.7 Å². The van der Waals surface area contributed by atoms with Crippen molar-refractivity contribution >= 4 is 5.91 Å². The van der Waals surface area contributed by atoms with Gasteiger partial charge >= 0.3 is 0 Å². The number of nitrogens with zero attached hydrogens (tertiary/aromatic N) is 4. The first-order valence-electron chi connectivity index (χ1n) is 6.66. The number of nitrogens with one attached hydrogen (secondary N) is 1. The largest absolute Gasteiger partial charge is 0.345 e. The third-order valence-electron chi connectivity index (χ3n) is 3.09. The maximum absolute atomic E-state index is 12.2. The smallest absolute Gasteiger partial charge is 0.269 e. The van der Waals surface area contributed by atoms with E-state index in [1.165, 1.54) is 0 Å². The molecule has 0 saturated carbocycles. The predicted molar refractivity (Wildman–Crippen MR) is 72.2 cm³/mol. The lowest BCUT2D eigenvalue weighted by Gasteiger charge is -2.04. The van der Waals surface area contributed by atoms with E-state index in [9.17, 15) is 4.79 Å². The summed E-state index contributed by atoms with van der Waals surface area (Å²) < 4.78 is 6.30. The summed E-state index contributed by atoms with van der Waals surface area (Å²) in [6.07, 6.45) is 0. The molecule has 0 bridgehead atoms. The fraction of sp³-hybridized carbons (Fsp3) is 0.538. The first-order chi connectivity index (χ1) is 9.52. The van der Waals surface area contributed by atoms with Gasteiger partial charge in [0.25, 0.3) is 5.91 Å². The Kier molecular flexibility index (Phi) is 4.16. The summed E-state index contributed by atoms with van der Waals surface area (Å²) in [4.78, 5) is 12.2. The van der Waals surface area contributed by atoms with Gasteiger partial charge in [-0.1, -0.05) is 24.2 Å². The summed E-state index contributed by atoms with van der Waals surface area (Å²) in [5, 5.41) is 14.6. The normalized spacial score (nSPS) is 11.1. The van der Waals surface area contributed by atoms with E-state index in [1.807, 2.05) is 13.0 Å². The second-order valence-corrected chi connectivity index (χ2v) is 4.90. The average molecular weight is 277 g/mol. The van der Waals surface area contributed by atoms with Crippen molar-refractivity contribution in [2.75, 3.05) is 0 Å². The highest BCUT2D eigenvalue weighted by Gasteiger charge is 2.16. The van der Waals surface area contributed by atoms with E-state index >= 15 is 0 Å². The lowest BCUT2D eigenvalue weighted by Crippen LogP contribution is -2.26. The minimum atomic E-state index is -0.173. The number of hydrogen-bond donors (Lipinski definition) is 1. The van der Waals surface area contributed by atoms with E-state index in [1.54, 1.807) is 11.6 Å². The molecule has 20 heavy (non-hydrogen) atoms. The van der Waals surface area contributed by atoms with Crippen LogP contribution >= 0.6 is 0 Å². The number of aromatic nitrogens is 4. The molecule has 1 N–H and O–H groups in total. The lowest BCUT2D eigenvalue weighted by molar-refractivity contribution is 0.0939. The predicted octanol–water partition coefficient (Wildman–Crippen LogP) is 1.65. The second-order valence-electron chi connectivity index (χ2n) is 4.90. The van der Waals surface area contributed by atoms with Crippen LogP contribution in [0.2, 0.25) is 0 Å². The van der Waals surface area contributed by atoms with Crippen LogP contribution in [-0.4, -0.2) is 26.0 Å². The molecule has 7 heteroatoms. The molecule has 0 atom stereocenters. The lowest BCUT2D eigenvalue weighted by atomic mass is 10.1. The van der Waals surface area contributed by atoms with Crippen LogP contribution in [0, 0.1) is 6.92 Å². The Morgan fingerprint density at radius 1 is 1.45 bits per heavy atom. The van der Waals surface area contributed by atoms with Crippen molar-refractivity contribution in [2.24, 2.45) is 0 Å². The summed E-state index contributed by atoms with van der Waals surface area (Å²) in [5.41, 5.74) is 2.78. The van der Waals surface area contributed by atoms with Crippen LogP contribution in [0.25, 0.3) is 0 Å². The quantitative estimate of drug-likeness (QED) is 0.898. The molecule has 0 fully saturated rings. The number of rotatable bonds is 5. The van der Waals surface area contributed by atoms with E-state index in [4.69, 9.17) is 0 Å². The van der Waals surface area contributed by atoms with Crippen LogP contribution in [0.4, 0.5) is 0 Å². The molecule has 108 valence electrons. The summed E-state index contributed by atoms with van der Waals surface area (Å²) in [6, 6.07) is 1.83. The van der Waals surface area contributed by atoms with Crippen molar-refractivity contribution < 1.29 is 9.42 Å². The SMILES string of the molecule is CCn1nc(C(C)C)cc1C(=O)NCc1nonc1C. The zero-order valence-corrected chi connectivity index (χ0v) is 12.2. The van der Waals surface area contributed by atoms with Gasteiger partial charge in [0.1, 0.15) is 17.1 Å². The van der Waals surface area contributed by atoms with E-state index < -0.39 is 0 Å². The van der Waals surface area contributed by atoms with Crippen molar-refractivity contribution in [1.82, 2.24) is 25.4 Å². The van der Waals surface area contributed by atoms with Crippen LogP contribution in [0.1, 0.15) is 54.3 Å². The number of carbonyl (C=O) groups excluding carboxylic acids is 1. The number of hydrogen-bond acceptors (Lipinski definition) is 5. The first kappa shape index (κ1) is 14.2. The van der Waals surface area contributed by atoms with Crippen molar-refractivity contribution in [3.05, 3.63) is 28.8 Å². The van der Waals surface area contributed by atoms with Crippen LogP contribution in [-0.2, 0) is 13.1 Å². The summed E-state index contributed by atoms with van der Waals surface area (Å²) in [7, 11) is 0. The van der Waals surface area contributed by atoms with Gasteiger partial charge in [0.05, 0.1) is 12.2 Å². The molecule has 2 heterocycles. The fourth-order valence-electron chi connectivity index (χ4n) is 1.81. The molecule has 0 aliphatic rings. The topological polar surface area (TPSA) is 85.8 Å². The Bertz CT molecular complexity index is 600. The van der Waals surface area contributed by atoms with Gasteiger partial charge in [0.15, 0.2) is 0 Å². The van der Waals surface area contributed by atoms with Crippen LogP contribution in [0.5, 0.6) is 0 Å². The Morgan fingerprint density at radius 2 is 2.20 bits per heavy atom. The molecule has 0 aliphatic heterocycles. The van der Waals surface area contributed by atoms with Crippen LogP contribution in [0.3, 0.4) is 0 Å². The van der Waals surface area contributed by atoms with Gasteiger partial charge < -0.3 is 5.32 Å². The average Bonchev–Trinajstić information content (AvgIpc) is 3.02. The van der Waals surface area contributed by atoms with Gasteiger partial charge in [-0.2, -0.15) is 5.10 Å². The maximum Gasteiger partial charge on any atom is 0.269 e. The number of carbonyl (C=O) groups is 1. The van der Waals surface area contributed by atoms with Gasteiger partial charge in [-0.05, 0) is 25.8 Å². The van der Waals surface area contributed by atoms with Crippen molar-refractivity contribution in [1.29, 1.82) is 0 Å². The molecule has 0 unspecified atom stereocenters. The van der Waals surface area contributed by atoms with Crippen LogP contribution < -0.4 is 5.32 Å². The highest BCUT2D eigenvalue weighted by Crippen LogP contribution is 2.14. The molecule has 0 spiro atoms. The molecule has 0 radical (unpaired) electrons. The summed E-state index contributed by atoms with van der Waals surface area (Å²) in [6.45, 7) is 8.79. The van der Waals surface area contributed by atoms with Crippen molar-refractivity contribution in [3.63, 3.8) is 0 Å². The molecule has 0 aromatic carbocycles. The standard InChI is InChI=1S/C13H19N5O2/c1-5-18-12(6-10(15-18)8(2)3)13(19)14-7-11-9(4)16-20-17-11/h6,8H,5,7H2,1-4H3,(H,14,19). The minimum absolute atomic E-state index is 0.173. The molecule has 7 nitrogen and oxygen atoms in total. The Hall–Kier alpha value is -2.18. The van der Waals surface area contributed by atoms with E-state index in [2.05, 4.69) is 39.2 Å². The van der Waals surface area contributed by atoms with Gasteiger partial charge in [-0.15, -0.1) is 0 Å². The minimum Gasteiger partial charge on any atom is -0.345 e. The fourth-order valence-corrected chi connectivity index (χ4v) is 1.81. The third kappa shape index (κ3) is 2.87. The summed E-state index contributed by atoms with van der Waals surface area (Å²) >= 11 is 0. The Balaban J connectivity index is 2.10. The first-order valence-corrected chi connectivity index (χ1v) is 6.66. The monoisotopic (exact) mass is 277 g/mol. The Morgan fingerprint density at radius 3 is 2.75 bits per heavy atom. The van der Waals surface area contributed by atoms with E-state index in [-0.39, 0.29) is 11.8 Å². The molecule has 0 saturated heterocycles. The zero-order chi connectivity index (χ0) is 14.7. The van der Waals surface area contributed by atoms with Gasteiger partial charge in [0.2, 0.25) is 0 Å². The second kappa shape index (κ2) is 5.85. The molecule has 2 aromatic heterocycles. The molecular weight excluding hydrogens is 258 g/mol. The van der Waals surface area contributed by atoms with Gasteiger partial charge in [-0.25, -0.2) is 4.63 Å². The summed E-state index contributed by atoms with van der Waals surface area (Å²) in [5.74, 6) is 0.116. The number of aryl methyl sites for hydroxylation is 2. The highest BCUT2D eigenvalue weighted by atomic mass is 16.6.